The molecule has 4 nitrogen and oxygen atoms in total. The molecule has 2 heterocycles. The number of aliphatic imine (C=N–C) groups is 1. The second-order valence-corrected chi connectivity index (χ2v) is 8.42. The quantitative estimate of drug-likeness (QED) is 0.286. The predicted octanol–water partition coefficient (Wildman–Crippen LogP) is 6.03. The van der Waals surface area contributed by atoms with Crippen molar-refractivity contribution in [2.45, 2.75) is 0 Å². The van der Waals surface area contributed by atoms with E-state index >= 15 is 0 Å². The van der Waals surface area contributed by atoms with Crippen molar-refractivity contribution >= 4 is 22.2 Å². The molecule has 160 valence electrons. The number of rotatable bonds is 4. The lowest BCUT2D eigenvalue weighted by Gasteiger charge is -2.30. The molecule has 0 aliphatic carbocycles. The van der Waals surface area contributed by atoms with Gasteiger partial charge < -0.3 is 9.64 Å². The fourth-order valence-corrected chi connectivity index (χ4v) is 4.63. The van der Waals surface area contributed by atoms with Gasteiger partial charge in [0.2, 0.25) is 0 Å². The van der Waals surface area contributed by atoms with Crippen molar-refractivity contribution in [3.8, 4) is 21.8 Å². The minimum Gasteiger partial charge on any atom is -0.378 e. The fourth-order valence-electron chi connectivity index (χ4n) is 3.66. The second kappa shape index (κ2) is 9.42. The summed E-state index contributed by atoms with van der Waals surface area (Å²) in [5.41, 5.74) is 3.77. The van der Waals surface area contributed by atoms with Gasteiger partial charge in [-0.25, -0.2) is 14.4 Å². The van der Waals surface area contributed by atoms with Crippen LogP contribution in [-0.2, 0) is 4.74 Å². The molecule has 0 bridgehead atoms. The molecule has 0 N–H and O–H groups in total. The van der Waals surface area contributed by atoms with Gasteiger partial charge in [0.05, 0.1) is 13.2 Å². The first kappa shape index (κ1) is 20.5. The van der Waals surface area contributed by atoms with E-state index in [0.717, 1.165) is 51.3 Å². The van der Waals surface area contributed by atoms with Gasteiger partial charge in [-0.2, -0.15) is 0 Å². The minimum absolute atomic E-state index is 0.259. The highest BCUT2D eigenvalue weighted by atomic mass is 32.1. The smallest absolute Gasteiger partial charge is 0.146 e. The third-order valence-corrected chi connectivity index (χ3v) is 6.30. The third kappa shape index (κ3) is 4.47. The number of ether oxygens (including phenoxy) is 1. The summed E-state index contributed by atoms with van der Waals surface area (Å²) in [7, 11) is 0. The molecule has 0 radical (unpaired) electrons. The Balaban J connectivity index is 1.65. The predicted molar refractivity (Wildman–Crippen MR) is 128 cm³/mol. The van der Waals surface area contributed by atoms with Crippen LogP contribution in [0.4, 0.5) is 9.39 Å². The van der Waals surface area contributed by atoms with E-state index in [-0.39, 0.29) is 5.82 Å². The molecule has 0 spiro atoms. The summed E-state index contributed by atoms with van der Waals surface area (Å²) < 4.78 is 19.0. The molecule has 0 saturated carbocycles. The van der Waals surface area contributed by atoms with E-state index in [4.69, 9.17) is 14.7 Å². The molecule has 1 aliphatic heterocycles. The van der Waals surface area contributed by atoms with Crippen LogP contribution in [0.5, 0.6) is 0 Å². The standard InChI is InChI=1S/C26H22FN3OS/c27-22-13-11-21(12-14-22)25-28-23(19-7-3-1-4-8-19)26(32-25)29-24(20-9-5-2-6-10-20)30-15-17-31-18-16-30/h1-14H,15-18H2. The van der Waals surface area contributed by atoms with Crippen molar-refractivity contribution < 1.29 is 9.13 Å². The fraction of sp³-hybridized carbons (Fsp3) is 0.154. The molecule has 4 aromatic rings. The highest BCUT2D eigenvalue weighted by Crippen LogP contribution is 2.40. The number of nitrogens with zero attached hydrogens (tertiary/aromatic N) is 3. The first-order valence-corrected chi connectivity index (χ1v) is 11.4. The van der Waals surface area contributed by atoms with Crippen LogP contribution in [0.3, 0.4) is 0 Å². The van der Waals surface area contributed by atoms with E-state index in [2.05, 4.69) is 17.0 Å². The van der Waals surface area contributed by atoms with Crippen LogP contribution in [0.1, 0.15) is 5.56 Å². The number of hydrogen-bond acceptors (Lipinski definition) is 4. The van der Waals surface area contributed by atoms with E-state index in [9.17, 15) is 4.39 Å². The zero-order valence-electron chi connectivity index (χ0n) is 17.4. The Morgan fingerprint density at radius 1 is 0.844 bits per heavy atom. The Morgan fingerprint density at radius 3 is 2.19 bits per heavy atom. The van der Waals surface area contributed by atoms with E-state index in [0.29, 0.717) is 13.2 Å². The van der Waals surface area contributed by atoms with Crippen LogP contribution < -0.4 is 0 Å². The Labute approximate surface area is 190 Å². The van der Waals surface area contributed by atoms with Gasteiger partial charge >= 0.3 is 0 Å². The third-order valence-electron chi connectivity index (χ3n) is 5.30. The number of halogens is 1. The number of hydrogen-bond donors (Lipinski definition) is 0. The Hall–Kier alpha value is -3.35. The molecule has 0 unspecified atom stereocenters. The van der Waals surface area contributed by atoms with E-state index in [1.807, 2.05) is 48.5 Å². The normalized spacial score (nSPS) is 14.5. The lowest BCUT2D eigenvalue weighted by atomic mass is 10.1. The lowest BCUT2D eigenvalue weighted by molar-refractivity contribution is 0.0683. The van der Waals surface area contributed by atoms with Gasteiger partial charge in [0.1, 0.15) is 27.4 Å². The van der Waals surface area contributed by atoms with Crippen LogP contribution >= 0.6 is 11.3 Å². The Morgan fingerprint density at radius 2 is 1.50 bits per heavy atom. The summed E-state index contributed by atoms with van der Waals surface area (Å²) in [5, 5.41) is 1.65. The van der Waals surface area contributed by atoms with Gasteiger partial charge in [-0.3, -0.25) is 0 Å². The van der Waals surface area contributed by atoms with Gasteiger partial charge in [0.25, 0.3) is 0 Å². The Bertz CT molecular complexity index is 1200. The molecule has 0 atom stereocenters. The maximum Gasteiger partial charge on any atom is 0.146 e. The molecule has 0 amide bonds. The summed E-state index contributed by atoms with van der Waals surface area (Å²) in [4.78, 5) is 12.3. The number of benzene rings is 3. The summed E-state index contributed by atoms with van der Waals surface area (Å²) in [6, 6.07) is 26.7. The van der Waals surface area contributed by atoms with Crippen LogP contribution in [-0.4, -0.2) is 42.0 Å². The maximum atomic E-state index is 13.5. The van der Waals surface area contributed by atoms with Crippen LogP contribution in [0, 0.1) is 5.82 Å². The van der Waals surface area contributed by atoms with Crippen molar-refractivity contribution in [1.82, 2.24) is 9.88 Å². The van der Waals surface area contributed by atoms with Crippen molar-refractivity contribution in [1.29, 1.82) is 0 Å². The molecule has 1 fully saturated rings. The van der Waals surface area contributed by atoms with Crippen LogP contribution in [0.15, 0.2) is 89.9 Å². The monoisotopic (exact) mass is 443 g/mol. The molecular weight excluding hydrogens is 421 g/mol. The van der Waals surface area contributed by atoms with E-state index < -0.39 is 0 Å². The molecule has 5 rings (SSSR count). The summed E-state index contributed by atoms with van der Waals surface area (Å²) in [6.07, 6.45) is 0. The van der Waals surface area contributed by atoms with Crippen molar-refractivity contribution in [3.63, 3.8) is 0 Å². The molecule has 1 aromatic heterocycles. The van der Waals surface area contributed by atoms with E-state index in [1.165, 1.54) is 23.5 Å². The maximum absolute atomic E-state index is 13.5. The highest BCUT2D eigenvalue weighted by molar-refractivity contribution is 7.19. The van der Waals surface area contributed by atoms with Crippen LogP contribution in [0.2, 0.25) is 0 Å². The zero-order chi connectivity index (χ0) is 21.8. The lowest BCUT2D eigenvalue weighted by Crippen LogP contribution is -2.41. The molecule has 1 aliphatic rings. The topological polar surface area (TPSA) is 37.7 Å². The molecule has 32 heavy (non-hydrogen) atoms. The Kier molecular flexibility index (Phi) is 6.05. The van der Waals surface area contributed by atoms with Gasteiger partial charge in [-0.1, -0.05) is 72.0 Å². The molecule has 6 heteroatoms. The largest absolute Gasteiger partial charge is 0.378 e. The van der Waals surface area contributed by atoms with Gasteiger partial charge in [0, 0.05) is 29.8 Å². The number of thiazole rings is 1. The summed E-state index contributed by atoms with van der Waals surface area (Å²) in [6.45, 7) is 2.94. The van der Waals surface area contributed by atoms with Gasteiger partial charge in [0.15, 0.2) is 0 Å². The average Bonchev–Trinajstić information content (AvgIpc) is 3.28. The average molecular weight is 444 g/mol. The van der Waals surface area contributed by atoms with Gasteiger partial charge in [-0.05, 0) is 24.3 Å². The van der Waals surface area contributed by atoms with E-state index in [1.54, 1.807) is 12.1 Å². The first-order valence-electron chi connectivity index (χ1n) is 10.6. The van der Waals surface area contributed by atoms with Crippen molar-refractivity contribution in [2.75, 3.05) is 26.3 Å². The van der Waals surface area contributed by atoms with Crippen molar-refractivity contribution in [3.05, 3.63) is 96.3 Å². The number of amidine groups is 1. The number of morpholine rings is 1. The first-order chi connectivity index (χ1) is 15.8. The molecule has 1 saturated heterocycles. The van der Waals surface area contributed by atoms with Gasteiger partial charge in [-0.15, -0.1) is 0 Å². The number of aromatic nitrogens is 1. The SMILES string of the molecule is Fc1ccc(-c2nc(-c3ccccc3)c(N=C(c3ccccc3)N3CCOCC3)s2)cc1. The summed E-state index contributed by atoms with van der Waals surface area (Å²) >= 11 is 1.52. The summed E-state index contributed by atoms with van der Waals surface area (Å²) in [5.74, 6) is 0.658. The second-order valence-electron chi connectivity index (χ2n) is 7.45. The zero-order valence-corrected chi connectivity index (χ0v) is 18.3. The van der Waals surface area contributed by atoms with Crippen molar-refractivity contribution in [2.24, 2.45) is 4.99 Å². The molecule has 3 aromatic carbocycles. The minimum atomic E-state index is -0.259. The van der Waals surface area contributed by atoms with Crippen LogP contribution in [0.25, 0.3) is 21.8 Å². The molecular formula is C26H22FN3OS. The highest BCUT2D eigenvalue weighted by Gasteiger charge is 2.20.